The average molecular weight is 460 g/mol. The van der Waals surface area contributed by atoms with Crippen LogP contribution in [0.15, 0.2) is 42.5 Å². The number of likely N-dealkylation sites (N-methyl/N-ethyl adjacent to an activating group) is 1. The van der Waals surface area contributed by atoms with E-state index in [2.05, 4.69) is 9.80 Å². The van der Waals surface area contributed by atoms with E-state index < -0.39 is 29.0 Å². The van der Waals surface area contributed by atoms with Gasteiger partial charge >= 0.3 is 12.4 Å². The van der Waals surface area contributed by atoms with Crippen molar-refractivity contribution in [1.82, 2.24) is 9.80 Å². The molecule has 3 rings (SSSR count). The highest BCUT2D eigenvalue weighted by atomic mass is 19.4. The summed E-state index contributed by atoms with van der Waals surface area (Å²) in [7, 11) is 3.47. The fourth-order valence-electron chi connectivity index (χ4n) is 4.29. The van der Waals surface area contributed by atoms with Gasteiger partial charge in [-0.2, -0.15) is 26.3 Å². The SMILES string of the molecule is COc1ccccc1C(C)(Cc1cc(C(F)(F)F)cc(C(F)(F)F)c1)N1CCN(C)CC1. The fourth-order valence-corrected chi connectivity index (χ4v) is 4.29. The second-order valence-electron chi connectivity index (χ2n) is 8.36. The molecule has 1 unspecified atom stereocenters. The molecule has 176 valence electrons. The zero-order valence-electron chi connectivity index (χ0n) is 18.1. The first-order valence-corrected chi connectivity index (χ1v) is 10.2. The highest BCUT2D eigenvalue weighted by Gasteiger charge is 2.40. The van der Waals surface area contributed by atoms with Crippen LogP contribution in [0.25, 0.3) is 0 Å². The van der Waals surface area contributed by atoms with E-state index >= 15 is 0 Å². The van der Waals surface area contributed by atoms with Crippen LogP contribution in [0.3, 0.4) is 0 Å². The van der Waals surface area contributed by atoms with Crippen molar-refractivity contribution in [3.05, 3.63) is 64.7 Å². The van der Waals surface area contributed by atoms with Crippen LogP contribution in [-0.4, -0.2) is 50.1 Å². The summed E-state index contributed by atoms with van der Waals surface area (Å²) in [6.07, 6.45) is -9.81. The Kier molecular flexibility index (Phi) is 6.81. The minimum Gasteiger partial charge on any atom is -0.496 e. The molecule has 0 spiro atoms. The third-order valence-corrected chi connectivity index (χ3v) is 6.08. The molecule has 1 aliphatic heterocycles. The molecule has 0 bridgehead atoms. The van der Waals surface area contributed by atoms with Crippen molar-refractivity contribution in [2.45, 2.75) is 31.2 Å². The number of methoxy groups -OCH3 is 1. The van der Waals surface area contributed by atoms with Gasteiger partial charge in [0.15, 0.2) is 0 Å². The van der Waals surface area contributed by atoms with Crippen LogP contribution in [0.5, 0.6) is 5.75 Å². The Bertz CT molecular complexity index is 903. The number of para-hydroxylation sites is 1. The summed E-state index contributed by atoms with van der Waals surface area (Å²) in [6, 6.07) is 8.93. The zero-order valence-corrected chi connectivity index (χ0v) is 18.1. The molecule has 1 fully saturated rings. The van der Waals surface area contributed by atoms with Crippen LogP contribution in [0, 0.1) is 0 Å². The molecule has 0 N–H and O–H groups in total. The minimum absolute atomic E-state index is 0.0283. The molecule has 2 aromatic rings. The molecule has 9 heteroatoms. The monoisotopic (exact) mass is 460 g/mol. The second kappa shape index (κ2) is 8.94. The van der Waals surface area contributed by atoms with E-state index in [4.69, 9.17) is 4.74 Å². The lowest BCUT2D eigenvalue weighted by Crippen LogP contribution is -2.54. The maximum atomic E-state index is 13.4. The molecule has 1 heterocycles. The molecular formula is C23H26F6N2O. The highest BCUT2D eigenvalue weighted by molar-refractivity contribution is 5.42. The van der Waals surface area contributed by atoms with E-state index in [0.717, 1.165) is 30.8 Å². The van der Waals surface area contributed by atoms with Gasteiger partial charge in [-0.1, -0.05) is 18.2 Å². The molecule has 3 nitrogen and oxygen atoms in total. The smallest absolute Gasteiger partial charge is 0.416 e. The van der Waals surface area contributed by atoms with Crippen LogP contribution in [0.2, 0.25) is 0 Å². The standard InChI is InChI=1S/C23H26F6N2O/c1-21(31-10-8-30(2)9-11-31,19-6-4-5-7-20(19)32-3)15-16-12-17(22(24,25)26)14-18(13-16)23(27,28)29/h4-7,12-14H,8-11,15H2,1-3H3. The lowest BCUT2D eigenvalue weighted by molar-refractivity contribution is -0.143. The Balaban J connectivity index is 2.13. The quantitative estimate of drug-likeness (QED) is 0.553. The summed E-state index contributed by atoms with van der Waals surface area (Å²) >= 11 is 0. The van der Waals surface area contributed by atoms with Crippen molar-refractivity contribution in [1.29, 1.82) is 0 Å². The summed E-state index contributed by atoms with van der Waals surface area (Å²) in [5.74, 6) is 0.539. The number of alkyl halides is 6. The molecule has 0 amide bonds. The number of hydrogen-bond donors (Lipinski definition) is 0. The maximum absolute atomic E-state index is 13.4. The lowest BCUT2D eigenvalue weighted by Gasteiger charge is -2.46. The third kappa shape index (κ3) is 5.20. The molecule has 0 aliphatic carbocycles. The molecule has 1 aliphatic rings. The van der Waals surface area contributed by atoms with Crippen molar-refractivity contribution >= 4 is 0 Å². The van der Waals surface area contributed by atoms with Crippen molar-refractivity contribution in [2.75, 3.05) is 40.3 Å². The molecule has 32 heavy (non-hydrogen) atoms. The van der Waals surface area contributed by atoms with Gasteiger partial charge in [-0.25, -0.2) is 0 Å². The van der Waals surface area contributed by atoms with E-state index in [1.54, 1.807) is 18.2 Å². The van der Waals surface area contributed by atoms with Gasteiger partial charge in [-0.15, -0.1) is 0 Å². The molecule has 0 aromatic heterocycles. The van der Waals surface area contributed by atoms with Crippen LogP contribution in [0.4, 0.5) is 26.3 Å². The van der Waals surface area contributed by atoms with Gasteiger partial charge in [0.25, 0.3) is 0 Å². The zero-order chi connectivity index (χ0) is 23.7. The van der Waals surface area contributed by atoms with E-state index in [0.29, 0.717) is 18.8 Å². The van der Waals surface area contributed by atoms with Gasteiger partial charge < -0.3 is 9.64 Å². The van der Waals surface area contributed by atoms with Gasteiger partial charge in [0.2, 0.25) is 0 Å². The summed E-state index contributed by atoms with van der Waals surface area (Å²) in [4.78, 5) is 4.24. The summed E-state index contributed by atoms with van der Waals surface area (Å²) < 4.78 is 85.9. The van der Waals surface area contributed by atoms with Gasteiger partial charge in [0.05, 0.1) is 23.8 Å². The predicted octanol–water partition coefficient (Wildman–Crippen LogP) is 5.44. The minimum atomic E-state index is -4.88. The largest absolute Gasteiger partial charge is 0.496 e. The summed E-state index contributed by atoms with van der Waals surface area (Å²) in [6.45, 7) is 4.57. The van der Waals surface area contributed by atoms with Crippen molar-refractivity contribution in [3.63, 3.8) is 0 Å². The lowest BCUT2D eigenvalue weighted by atomic mass is 9.82. The van der Waals surface area contributed by atoms with Gasteiger partial charge in [0, 0.05) is 31.7 Å². The fraction of sp³-hybridized carbons (Fsp3) is 0.478. The molecule has 2 aromatic carbocycles. The number of hydrogen-bond acceptors (Lipinski definition) is 3. The normalized spacial score (nSPS) is 18.4. The Morgan fingerprint density at radius 2 is 1.38 bits per heavy atom. The van der Waals surface area contributed by atoms with E-state index in [1.807, 2.05) is 20.0 Å². The van der Waals surface area contributed by atoms with Crippen molar-refractivity contribution < 1.29 is 31.1 Å². The van der Waals surface area contributed by atoms with Crippen LogP contribution >= 0.6 is 0 Å². The molecule has 1 saturated heterocycles. The number of benzene rings is 2. The first-order chi connectivity index (χ1) is 14.8. The molecule has 1 atom stereocenters. The predicted molar refractivity (Wildman–Crippen MR) is 110 cm³/mol. The Morgan fingerprint density at radius 1 is 0.844 bits per heavy atom. The van der Waals surface area contributed by atoms with Crippen molar-refractivity contribution in [3.8, 4) is 5.75 Å². The highest BCUT2D eigenvalue weighted by Crippen LogP contribution is 2.41. The number of rotatable bonds is 5. The number of piperazine rings is 1. The first-order valence-electron chi connectivity index (χ1n) is 10.2. The Hall–Kier alpha value is -2.26. The first kappa shape index (κ1) is 24.4. The number of nitrogens with zero attached hydrogens (tertiary/aromatic N) is 2. The van der Waals surface area contributed by atoms with Gasteiger partial charge in [0.1, 0.15) is 5.75 Å². The topological polar surface area (TPSA) is 15.7 Å². The summed E-state index contributed by atoms with van der Waals surface area (Å²) in [5, 5.41) is 0. The Morgan fingerprint density at radius 3 is 1.88 bits per heavy atom. The van der Waals surface area contributed by atoms with E-state index in [1.165, 1.54) is 7.11 Å². The molecule has 0 saturated carbocycles. The molecular weight excluding hydrogens is 434 g/mol. The van der Waals surface area contributed by atoms with Crippen LogP contribution in [-0.2, 0) is 24.3 Å². The number of halogens is 6. The van der Waals surface area contributed by atoms with E-state index in [-0.39, 0.29) is 18.1 Å². The Labute approximate surface area is 183 Å². The van der Waals surface area contributed by atoms with E-state index in [9.17, 15) is 26.3 Å². The molecule has 0 radical (unpaired) electrons. The number of ether oxygens (including phenoxy) is 1. The van der Waals surface area contributed by atoms with Crippen LogP contribution in [0.1, 0.15) is 29.2 Å². The average Bonchev–Trinajstić information content (AvgIpc) is 2.72. The van der Waals surface area contributed by atoms with Crippen molar-refractivity contribution in [2.24, 2.45) is 0 Å². The second-order valence-corrected chi connectivity index (χ2v) is 8.36. The summed E-state index contributed by atoms with van der Waals surface area (Å²) in [5.41, 5.74) is -2.79. The maximum Gasteiger partial charge on any atom is 0.416 e. The third-order valence-electron chi connectivity index (χ3n) is 6.08. The van der Waals surface area contributed by atoms with Gasteiger partial charge in [-0.3, -0.25) is 4.90 Å². The van der Waals surface area contributed by atoms with Crippen LogP contribution < -0.4 is 4.74 Å². The van der Waals surface area contributed by atoms with Gasteiger partial charge in [-0.05, 0) is 50.2 Å².